The molecule has 0 radical (unpaired) electrons. The Morgan fingerprint density at radius 1 is 1.11 bits per heavy atom. The Bertz CT molecular complexity index is 1030. The van der Waals surface area contributed by atoms with Crippen LogP contribution in [0.5, 0.6) is 11.5 Å². The number of aromatic nitrogens is 3. The van der Waals surface area contributed by atoms with E-state index in [0.717, 1.165) is 10.2 Å². The molecule has 8 nitrogen and oxygen atoms in total. The molecule has 0 saturated carbocycles. The fraction of sp³-hybridized carbons (Fsp3) is 0.200. The summed E-state index contributed by atoms with van der Waals surface area (Å²) < 4.78 is 11.6. The smallest absolute Gasteiger partial charge is 0.267 e. The van der Waals surface area contributed by atoms with Crippen LogP contribution in [0.2, 0.25) is 0 Å². The Balaban J connectivity index is 1.85. The molecule has 3 aromatic rings. The third-order valence-electron chi connectivity index (χ3n) is 4.18. The van der Waals surface area contributed by atoms with Gasteiger partial charge in [-0.1, -0.05) is 0 Å². The van der Waals surface area contributed by atoms with Crippen molar-refractivity contribution in [3.8, 4) is 22.8 Å². The number of amides is 1. The van der Waals surface area contributed by atoms with Crippen LogP contribution in [0.4, 0.5) is 5.69 Å². The third-order valence-corrected chi connectivity index (χ3v) is 4.18. The third kappa shape index (κ3) is 4.01. The minimum atomic E-state index is -0.822. The Morgan fingerprint density at radius 2 is 1.89 bits per heavy atom. The van der Waals surface area contributed by atoms with E-state index in [1.54, 1.807) is 49.6 Å². The van der Waals surface area contributed by atoms with E-state index in [-0.39, 0.29) is 11.5 Å². The van der Waals surface area contributed by atoms with E-state index in [2.05, 4.69) is 15.4 Å². The van der Waals surface area contributed by atoms with Crippen LogP contribution >= 0.6 is 0 Å². The number of carbonyl (C=O) groups excluding carboxylic acids is 1. The van der Waals surface area contributed by atoms with Crippen molar-refractivity contribution in [1.82, 2.24) is 14.8 Å². The van der Waals surface area contributed by atoms with E-state index in [0.29, 0.717) is 22.9 Å². The maximum Gasteiger partial charge on any atom is 0.267 e. The summed E-state index contributed by atoms with van der Waals surface area (Å²) in [6.07, 6.45) is 3.30. The van der Waals surface area contributed by atoms with Crippen LogP contribution in [-0.2, 0) is 4.79 Å². The highest BCUT2D eigenvalue weighted by atomic mass is 16.5. The number of rotatable bonds is 6. The quantitative estimate of drug-likeness (QED) is 0.706. The number of ether oxygens (including phenoxy) is 2. The fourth-order valence-corrected chi connectivity index (χ4v) is 2.64. The molecule has 1 amide bonds. The predicted octanol–water partition coefficient (Wildman–Crippen LogP) is 2.52. The summed E-state index contributed by atoms with van der Waals surface area (Å²) >= 11 is 0. The van der Waals surface area contributed by atoms with Gasteiger partial charge in [-0.05, 0) is 37.3 Å². The molecule has 1 aromatic carbocycles. The Labute approximate surface area is 161 Å². The topological polar surface area (TPSA) is 95.3 Å². The van der Waals surface area contributed by atoms with Crippen molar-refractivity contribution < 1.29 is 14.3 Å². The van der Waals surface area contributed by atoms with Crippen LogP contribution < -0.4 is 20.3 Å². The van der Waals surface area contributed by atoms with Gasteiger partial charge in [-0.2, -0.15) is 5.10 Å². The van der Waals surface area contributed by atoms with Crippen molar-refractivity contribution in [2.45, 2.75) is 13.0 Å². The zero-order valence-electron chi connectivity index (χ0n) is 15.7. The molecule has 0 bridgehead atoms. The average molecular weight is 380 g/mol. The molecule has 2 heterocycles. The number of anilines is 1. The van der Waals surface area contributed by atoms with Crippen molar-refractivity contribution in [3.63, 3.8) is 0 Å². The van der Waals surface area contributed by atoms with E-state index in [9.17, 15) is 9.59 Å². The maximum absolute atomic E-state index is 12.7. The molecule has 8 heteroatoms. The lowest BCUT2D eigenvalue weighted by molar-refractivity contribution is -0.119. The van der Waals surface area contributed by atoms with Gasteiger partial charge < -0.3 is 14.8 Å². The minimum absolute atomic E-state index is 0.373. The zero-order valence-corrected chi connectivity index (χ0v) is 15.7. The summed E-state index contributed by atoms with van der Waals surface area (Å²) in [6.45, 7) is 1.61. The highest BCUT2D eigenvalue weighted by molar-refractivity contribution is 5.93. The zero-order chi connectivity index (χ0) is 20.1. The molecule has 0 aliphatic rings. The van der Waals surface area contributed by atoms with Crippen molar-refractivity contribution >= 4 is 11.6 Å². The molecule has 0 aliphatic heterocycles. The summed E-state index contributed by atoms with van der Waals surface area (Å²) in [5, 5.41) is 7.09. The number of nitrogens with one attached hydrogen (secondary N) is 1. The highest BCUT2D eigenvalue weighted by Crippen LogP contribution is 2.30. The van der Waals surface area contributed by atoms with Gasteiger partial charge in [0.2, 0.25) is 5.91 Å². The lowest BCUT2D eigenvalue weighted by Crippen LogP contribution is -2.33. The lowest BCUT2D eigenvalue weighted by Gasteiger charge is -2.16. The van der Waals surface area contributed by atoms with Gasteiger partial charge in [0.15, 0.2) is 11.5 Å². The second kappa shape index (κ2) is 8.34. The van der Waals surface area contributed by atoms with Crippen molar-refractivity contribution in [1.29, 1.82) is 0 Å². The summed E-state index contributed by atoms with van der Waals surface area (Å²) in [7, 11) is 3.05. The molecule has 3 rings (SSSR count). The average Bonchev–Trinajstić information content (AvgIpc) is 2.74. The molecule has 0 saturated heterocycles. The molecule has 0 aliphatic carbocycles. The van der Waals surface area contributed by atoms with Gasteiger partial charge in [-0.25, -0.2) is 4.68 Å². The van der Waals surface area contributed by atoms with Crippen molar-refractivity contribution in [2.75, 3.05) is 19.5 Å². The second-order valence-electron chi connectivity index (χ2n) is 5.98. The molecular formula is C20H20N4O4. The van der Waals surface area contributed by atoms with Crippen molar-refractivity contribution in [3.05, 3.63) is 65.2 Å². The molecule has 144 valence electrons. The fourth-order valence-electron chi connectivity index (χ4n) is 2.64. The van der Waals surface area contributed by atoms with Gasteiger partial charge in [-0.3, -0.25) is 14.6 Å². The Hall–Kier alpha value is -3.68. The first-order valence-electron chi connectivity index (χ1n) is 8.56. The molecular weight excluding hydrogens is 360 g/mol. The van der Waals surface area contributed by atoms with Gasteiger partial charge in [0, 0.05) is 35.8 Å². The van der Waals surface area contributed by atoms with Gasteiger partial charge in [0.1, 0.15) is 6.04 Å². The predicted molar refractivity (Wildman–Crippen MR) is 105 cm³/mol. The second-order valence-corrected chi connectivity index (χ2v) is 5.98. The van der Waals surface area contributed by atoms with Crippen LogP contribution in [-0.4, -0.2) is 34.9 Å². The summed E-state index contributed by atoms with van der Waals surface area (Å²) in [5.74, 6) is 0.655. The van der Waals surface area contributed by atoms with Crippen LogP contribution in [0, 0.1) is 0 Å². The largest absolute Gasteiger partial charge is 0.493 e. The minimum Gasteiger partial charge on any atom is -0.493 e. The van der Waals surface area contributed by atoms with Gasteiger partial charge >= 0.3 is 0 Å². The van der Waals surface area contributed by atoms with Crippen LogP contribution in [0.1, 0.15) is 13.0 Å². The monoisotopic (exact) mass is 380 g/mol. The van der Waals surface area contributed by atoms with Crippen LogP contribution in [0.25, 0.3) is 11.3 Å². The number of carbonyl (C=O) groups is 1. The Kier molecular flexibility index (Phi) is 5.69. The first kappa shape index (κ1) is 19.1. The number of benzene rings is 1. The molecule has 1 N–H and O–H groups in total. The van der Waals surface area contributed by atoms with Crippen LogP contribution in [0.15, 0.2) is 59.7 Å². The molecule has 1 unspecified atom stereocenters. The van der Waals surface area contributed by atoms with Crippen LogP contribution in [0.3, 0.4) is 0 Å². The SMILES string of the molecule is COc1ccc(NC(=O)C(C)n2nc(-c3cccnc3)ccc2=O)cc1OC. The van der Waals surface area contributed by atoms with E-state index in [4.69, 9.17) is 9.47 Å². The summed E-state index contributed by atoms with van der Waals surface area (Å²) in [4.78, 5) is 29.0. The molecule has 28 heavy (non-hydrogen) atoms. The van der Waals surface area contributed by atoms with E-state index in [1.807, 2.05) is 6.07 Å². The summed E-state index contributed by atoms with van der Waals surface area (Å²) in [5.41, 5.74) is 1.45. The number of hydrogen-bond acceptors (Lipinski definition) is 6. The van der Waals surface area contributed by atoms with E-state index < -0.39 is 6.04 Å². The Morgan fingerprint density at radius 3 is 2.57 bits per heavy atom. The van der Waals surface area contributed by atoms with E-state index >= 15 is 0 Å². The van der Waals surface area contributed by atoms with E-state index in [1.165, 1.54) is 20.3 Å². The van der Waals surface area contributed by atoms with Gasteiger partial charge in [0.25, 0.3) is 5.56 Å². The molecule has 1 atom stereocenters. The van der Waals surface area contributed by atoms with Gasteiger partial charge in [-0.15, -0.1) is 0 Å². The molecule has 0 spiro atoms. The first-order chi connectivity index (χ1) is 13.5. The first-order valence-corrected chi connectivity index (χ1v) is 8.56. The number of nitrogens with zero attached hydrogens (tertiary/aromatic N) is 3. The van der Waals surface area contributed by atoms with Gasteiger partial charge in [0.05, 0.1) is 19.9 Å². The normalized spacial score (nSPS) is 11.5. The molecule has 0 fully saturated rings. The lowest BCUT2D eigenvalue weighted by atomic mass is 10.2. The number of pyridine rings is 1. The maximum atomic E-state index is 12.7. The summed E-state index contributed by atoms with van der Waals surface area (Å²) in [6, 6.07) is 10.8. The standard InChI is InChI=1S/C20H20N4O4/c1-13(20(26)22-15-6-8-17(27-2)18(11-15)28-3)24-19(25)9-7-16(23-24)14-5-4-10-21-12-14/h4-13H,1-3H3,(H,22,26). The number of methoxy groups -OCH3 is 2. The number of hydrogen-bond donors (Lipinski definition) is 1. The molecule has 2 aromatic heterocycles. The van der Waals surface area contributed by atoms with Crippen molar-refractivity contribution in [2.24, 2.45) is 0 Å². The highest BCUT2D eigenvalue weighted by Gasteiger charge is 2.19.